The summed E-state index contributed by atoms with van der Waals surface area (Å²) in [4.78, 5) is 4.55. The number of aliphatic hydroxyl groups is 1. The van der Waals surface area contributed by atoms with Gasteiger partial charge in [-0.1, -0.05) is 6.42 Å². The van der Waals surface area contributed by atoms with Crippen LogP contribution >= 0.6 is 0 Å². The van der Waals surface area contributed by atoms with Gasteiger partial charge in [-0.25, -0.2) is 9.37 Å². The van der Waals surface area contributed by atoms with Crippen LogP contribution in [0.4, 0.5) is 4.39 Å². The van der Waals surface area contributed by atoms with Crippen LogP contribution in [0.5, 0.6) is 5.75 Å². The molecule has 0 radical (unpaired) electrons. The summed E-state index contributed by atoms with van der Waals surface area (Å²) in [6.45, 7) is 3.42. The lowest BCUT2D eigenvalue weighted by Gasteiger charge is -2.19. The zero-order valence-electron chi connectivity index (χ0n) is 14.0. The quantitative estimate of drug-likeness (QED) is 0.911. The summed E-state index contributed by atoms with van der Waals surface area (Å²) in [6, 6.07) is 9.93. The van der Waals surface area contributed by atoms with Crippen molar-refractivity contribution in [3.63, 3.8) is 0 Å². The van der Waals surface area contributed by atoms with E-state index in [0.29, 0.717) is 29.3 Å². The summed E-state index contributed by atoms with van der Waals surface area (Å²) < 4.78 is 19.4. The van der Waals surface area contributed by atoms with E-state index >= 15 is 0 Å². The molecule has 2 fully saturated rings. The molecule has 4 heteroatoms. The van der Waals surface area contributed by atoms with Crippen LogP contribution in [0.2, 0.25) is 0 Å². The Hall–Kier alpha value is -1.94. The van der Waals surface area contributed by atoms with E-state index in [2.05, 4.69) is 4.98 Å². The molecule has 2 aliphatic rings. The minimum atomic E-state index is -1.06. The van der Waals surface area contributed by atoms with E-state index in [9.17, 15) is 9.50 Å². The van der Waals surface area contributed by atoms with E-state index in [0.717, 1.165) is 11.3 Å². The van der Waals surface area contributed by atoms with Gasteiger partial charge in [0, 0.05) is 29.5 Å². The second kappa shape index (κ2) is 5.55. The SMILES string of the molecule is CC(C)(O)c1cc(O[C@H]2[C@@H]3CCC[C@@H]32)cc(-c2ccc(F)cc2)n1. The molecule has 1 heterocycles. The second-order valence-electron chi connectivity index (χ2n) is 7.48. The van der Waals surface area contributed by atoms with Crippen LogP contribution < -0.4 is 4.74 Å². The smallest absolute Gasteiger partial charge is 0.123 e. The number of benzene rings is 1. The summed E-state index contributed by atoms with van der Waals surface area (Å²) in [5, 5.41) is 10.4. The first-order valence-electron chi connectivity index (χ1n) is 8.59. The van der Waals surface area contributed by atoms with Crippen molar-refractivity contribution in [1.29, 1.82) is 0 Å². The first-order valence-corrected chi connectivity index (χ1v) is 8.59. The van der Waals surface area contributed by atoms with Crippen molar-refractivity contribution in [3.05, 3.63) is 47.9 Å². The molecule has 0 spiro atoms. The number of ether oxygens (including phenoxy) is 1. The van der Waals surface area contributed by atoms with Crippen molar-refractivity contribution in [1.82, 2.24) is 4.98 Å². The van der Waals surface area contributed by atoms with E-state index in [-0.39, 0.29) is 5.82 Å². The van der Waals surface area contributed by atoms with E-state index in [4.69, 9.17) is 4.74 Å². The Morgan fingerprint density at radius 2 is 1.79 bits per heavy atom. The molecule has 0 amide bonds. The minimum absolute atomic E-state index is 0.278. The van der Waals surface area contributed by atoms with Gasteiger partial charge in [0.05, 0.1) is 11.4 Å². The largest absolute Gasteiger partial charge is 0.490 e. The molecule has 0 saturated heterocycles. The monoisotopic (exact) mass is 327 g/mol. The van der Waals surface area contributed by atoms with Crippen molar-refractivity contribution >= 4 is 0 Å². The first kappa shape index (κ1) is 15.6. The fourth-order valence-electron chi connectivity index (χ4n) is 3.74. The number of aromatic nitrogens is 1. The van der Waals surface area contributed by atoms with Crippen molar-refractivity contribution in [2.75, 3.05) is 0 Å². The standard InChI is InChI=1S/C20H22FNO2/c1-20(2,23)18-11-14(24-19-15-4-3-5-16(15)19)10-17(22-18)12-6-8-13(21)9-7-12/h6-11,15-16,19,23H,3-5H2,1-2H3/t15-,16+,19+. The Labute approximate surface area is 141 Å². The number of fused-ring (bicyclic) bond motifs is 1. The molecule has 24 heavy (non-hydrogen) atoms. The van der Waals surface area contributed by atoms with Crippen LogP contribution in [-0.2, 0) is 5.60 Å². The Morgan fingerprint density at radius 1 is 1.12 bits per heavy atom. The van der Waals surface area contributed by atoms with Crippen LogP contribution in [0.3, 0.4) is 0 Å². The van der Waals surface area contributed by atoms with Crippen LogP contribution in [0, 0.1) is 17.7 Å². The summed E-state index contributed by atoms with van der Waals surface area (Å²) >= 11 is 0. The zero-order chi connectivity index (χ0) is 16.9. The van der Waals surface area contributed by atoms with Crippen molar-refractivity contribution in [3.8, 4) is 17.0 Å². The fourth-order valence-corrected chi connectivity index (χ4v) is 3.74. The molecule has 0 aliphatic heterocycles. The normalized spacial score (nSPS) is 25.4. The van der Waals surface area contributed by atoms with Crippen molar-refractivity contribution < 1.29 is 14.2 Å². The third-order valence-corrected chi connectivity index (χ3v) is 5.17. The topological polar surface area (TPSA) is 42.4 Å². The molecule has 2 saturated carbocycles. The zero-order valence-corrected chi connectivity index (χ0v) is 14.0. The van der Waals surface area contributed by atoms with Gasteiger partial charge in [0.25, 0.3) is 0 Å². The highest BCUT2D eigenvalue weighted by Crippen LogP contribution is 2.53. The lowest BCUT2D eigenvalue weighted by atomic mass is 10.0. The molecule has 126 valence electrons. The maximum Gasteiger partial charge on any atom is 0.123 e. The molecular formula is C20H22FNO2. The molecule has 1 aromatic heterocycles. The van der Waals surface area contributed by atoms with Gasteiger partial charge in [-0.2, -0.15) is 0 Å². The molecule has 3 nitrogen and oxygen atoms in total. The van der Waals surface area contributed by atoms with Crippen LogP contribution in [0.25, 0.3) is 11.3 Å². The lowest BCUT2D eigenvalue weighted by molar-refractivity contribution is 0.0735. The third-order valence-electron chi connectivity index (χ3n) is 5.17. The summed E-state index contributed by atoms with van der Waals surface area (Å²) in [5.74, 6) is 1.84. The highest BCUT2D eigenvalue weighted by Gasteiger charge is 2.54. The third kappa shape index (κ3) is 2.91. The van der Waals surface area contributed by atoms with Gasteiger partial charge in [0.1, 0.15) is 23.3 Å². The van der Waals surface area contributed by atoms with E-state index in [1.807, 2.05) is 12.1 Å². The van der Waals surface area contributed by atoms with Crippen molar-refractivity contribution in [2.45, 2.75) is 44.8 Å². The molecule has 2 aromatic rings. The van der Waals surface area contributed by atoms with E-state index in [1.165, 1.54) is 31.4 Å². The van der Waals surface area contributed by atoms with Crippen LogP contribution in [0.15, 0.2) is 36.4 Å². The van der Waals surface area contributed by atoms with E-state index < -0.39 is 5.60 Å². The van der Waals surface area contributed by atoms with Crippen molar-refractivity contribution in [2.24, 2.45) is 11.8 Å². The van der Waals surface area contributed by atoms with Gasteiger partial charge in [-0.15, -0.1) is 0 Å². The Balaban J connectivity index is 1.67. The number of halogens is 1. The predicted molar refractivity (Wildman–Crippen MR) is 90.1 cm³/mol. The van der Waals surface area contributed by atoms with Gasteiger partial charge >= 0.3 is 0 Å². The molecule has 0 bridgehead atoms. The van der Waals surface area contributed by atoms with Crippen LogP contribution in [-0.4, -0.2) is 16.2 Å². The summed E-state index contributed by atoms with van der Waals surface area (Å²) in [5.41, 5.74) is 0.997. The van der Waals surface area contributed by atoms with Gasteiger partial charge < -0.3 is 9.84 Å². The number of rotatable bonds is 4. The fraction of sp³-hybridized carbons (Fsp3) is 0.450. The summed E-state index contributed by atoms with van der Waals surface area (Å²) in [7, 11) is 0. The van der Waals surface area contributed by atoms with Gasteiger partial charge in [-0.3, -0.25) is 0 Å². The second-order valence-corrected chi connectivity index (χ2v) is 7.48. The molecule has 1 N–H and O–H groups in total. The van der Waals surface area contributed by atoms with Gasteiger partial charge in [0.15, 0.2) is 0 Å². The highest BCUT2D eigenvalue weighted by atomic mass is 19.1. The number of hydrogen-bond donors (Lipinski definition) is 1. The molecule has 0 unspecified atom stereocenters. The lowest BCUT2D eigenvalue weighted by Crippen LogP contribution is -2.18. The number of pyridine rings is 1. The predicted octanol–water partition coefficient (Wildman–Crippen LogP) is 4.29. The Morgan fingerprint density at radius 3 is 2.42 bits per heavy atom. The highest BCUT2D eigenvalue weighted by molar-refractivity contribution is 5.61. The minimum Gasteiger partial charge on any atom is -0.490 e. The van der Waals surface area contributed by atoms with Gasteiger partial charge in [0.2, 0.25) is 0 Å². The molecule has 1 aromatic carbocycles. The molecular weight excluding hydrogens is 305 g/mol. The van der Waals surface area contributed by atoms with Gasteiger partial charge in [-0.05, 0) is 51.0 Å². The van der Waals surface area contributed by atoms with Crippen LogP contribution in [0.1, 0.15) is 38.8 Å². The number of hydrogen-bond acceptors (Lipinski definition) is 3. The Bertz CT molecular complexity index is 741. The molecule has 3 atom stereocenters. The maximum atomic E-state index is 13.2. The summed E-state index contributed by atoms with van der Waals surface area (Å²) in [6.07, 6.45) is 4.12. The average molecular weight is 327 g/mol. The van der Waals surface area contributed by atoms with E-state index in [1.54, 1.807) is 26.0 Å². The average Bonchev–Trinajstić information content (AvgIpc) is 2.95. The Kier molecular flexibility index (Phi) is 3.61. The number of nitrogens with zero attached hydrogens (tertiary/aromatic N) is 1. The first-order chi connectivity index (χ1) is 11.4. The molecule has 4 rings (SSSR count). The molecule has 2 aliphatic carbocycles. The maximum absolute atomic E-state index is 13.2.